The Morgan fingerprint density at radius 1 is 1.14 bits per heavy atom. The number of para-hydroxylation sites is 1. The summed E-state index contributed by atoms with van der Waals surface area (Å²) >= 11 is 0. The van der Waals surface area contributed by atoms with Crippen LogP contribution in [0, 0.1) is 0 Å². The fourth-order valence-electron chi connectivity index (χ4n) is 3.03. The normalized spacial score (nSPS) is 16.4. The van der Waals surface area contributed by atoms with E-state index in [4.69, 9.17) is 5.73 Å². The van der Waals surface area contributed by atoms with Crippen LogP contribution in [-0.2, 0) is 6.42 Å². The standard InChI is InChI=1S/C17H24N4.HI/c18-17(21-11-5-1-2-6-12-21)19-10-9-14-13-20-16-8-4-3-7-15(14)16;/h3-4,7-8,13,20H,1-2,5-6,9-12H2,(H2,18,19);1H. The Hall–Kier alpha value is -1.24. The molecule has 3 rings (SSSR count). The van der Waals surface area contributed by atoms with Gasteiger partial charge in [-0.25, -0.2) is 0 Å². The number of nitrogens with zero attached hydrogens (tertiary/aromatic N) is 2. The number of hydrogen-bond acceptors (Lipinski definition) is 1. The molecule has 2 aromatic rings. The van der Waals surface area contributed by atoms with Crippen LogP contribution in [0.15, 0.2) is 35.5 Å². The van der Waals surface area contributed by atoms with Gasteiger partial charge in [0.1, 0.15) is 0 Å². The van der Waals surface area contributed by atoms with Gasteiger partial charge >= 0.3 is 0 Å². The number of hydrogen-bond donors (Lipinski definition) is 2. The van der Waals surface area contributed by atoms with Gasteiger partial charge in [-0.05, 0) is 30.9 Å². The average Bonchev–Trinajstić information content (AvgIpc) is 2.74. The van der Waals surface area contributed by atoms with Gasteiger partial charge in [-0.3, -0.25) is 4.99 Å². The van der Waals surface area contributed by atoms with Gasteiger partial charge in [0.2, 0.25) is 0 Å². The fraction of sp³-hybridized carbons (Fsp3) is 0.471. The number of aliphatic imine (C=N–C) groups is 1. The second-order valence-corrected chi connectivity index (χ2v) is 5.75. The number of aromatic amines is 1. The van der Waals surface area contributed by atoms with Crippen molar-refractivity contribution in [3.05, 3.63) is 36.0 Å². The zero-order chi connectivity index (χ0) is 14.5. The molecular formula is C17H25IN4. The summed E-state index contributed by atoms with van der Waals surface area (Å²) in [5, 5.41) is 1.29. The van der Waals surface area contributed by atoms with Gasteiger partial charge in [0.15, 0.2) is 5.96 Å². The van der Waals surface area contributed by atoms with Crippen molar-refractivity contribution in [1.29, 1.82) is 0 Å². The molecule has 3 N–H and O–H groups in total. The van der Waals surface area contributed by atoms with Crippen LogP contribution in [-0.4, -0.2) is 35.5 Å². The van der Waals surface area contributed by atoms with Crippen LogP contribution >= 0.6 is 24.0 Å². The molecule has 4 nitrogen and oxygen atoms in total. The number of guanidine groups is 1. The first-order valence-corrected chi connectivity index (χ1v) is 7.94. The minimum Gasteiger partial charge on any atom is -0.370 e. The lowest BCUT2D eigenvalue weighted by Crippen LogP contribution is -2.38. The fourth-order valence-corrected chi connectivity index (χ4v) is 3.03. The SMILES string of the molecule is I.NC(=NCCc1c[nH]c2ccccc12)N1CCCCCC1. The summed E-state index contributed by atoms with van der Waals surface area (Å²) in [6, 6.07) is 8.39. The third-order valence-corrected chi connectivity index (χ3v) is 4.26. The average molecular weight is 412 g/mol. The van der Waals surface area contributed by atoms with Gasteiger partial charge in [0, 0.05) is 36.7 Å². The Bertz CT molecular complexity index is 612. The maximum Gasteiger partial charge on any atom is 0.191 e. The largest absolute Gasteiger partial charge is 0.370 e. The number of aromatic nitrogens is 1. The Kier molecular flexibility index (Phi) is 6.54. The van der Waals surface area contributed by atoms with Crippen molar-refractivity contribution in [1.82, 2.24) is 9.88 Å². The second kappa shape index (κ2) is 8.41. The predicted octanol–water partition coefficient (Wildman–Crippen LogP) is 3.52. The number of H-pyrrole nitrogens is 1. The zero-order valence-electron chi connectivity index (χ0n) is 12.9. The summed E-state index contributed by atoms with van der Waals surface area (Å²) in [6.45, 7) is 2.87. The van der Waals surface area contributed by atoms with Crippen molar-refractivity contribution in [3.63, 3.8) is 0 Å². The predicted molar refractivity (Wildman–Crippen MR) is 104 cm³/mol. The van der Waals surface area contributed by atoms with E-state index in [-0.39, 0.29) is 24.0 Å². The van der Waals surface area contributed by atoms with Crippen molar-refractivity contribution in [2.75, 3.05) is 19.6 Å². The van der Waals surface area contributed by atoms with Crippen LogP contribution in [0.3, 0.4) is 0 Å². The monoisotopic (exact) mass is 412 g/mol. The molecule has 0 aliphatic carbocycles. The van der Waals surface area contributed by atoms with Crippen molar-refractivity contribution >= 4 is 40.8 Å². The van der Waals surface area contributed by atoms with Crippen molar-refractivity contribution in [2.45, 2.75) is 32.1 Å². The Morgan fingerprint density at radius 3 is 2.64 bits per heavy atom. The highest BCUT2D eigenvalue weighted by Gasteiger charge is 2.10. The van der Waals surface area contributed by atoms with E-state index < -0.39 is 0 Å². The second-order valence-electron chi connectivity index (χ2n) is 5.75. The molecule has 1 aromatic carbocycles. The molecule has 5 heteroatoms. The van der Waals surface area contributed by atoms with Gasteiger partial charge < -0.3 is 15.6 Å². The molecule has 1 saturated heterocycles. The number of rotatable bonds is 3. The molecule has 1 aliphatic heterocycles. The number of halogens is 1. The van der Waals surface area contributed by atoms with Crippen LogP contribution in [0.1, 0.15) is 31.2 Å². The molecule has 22 heavy (non-hydrogen) atoms. The lowest BCUT2D eigenvalue weighted by Gasteiger charge is -2.21. The van der Waals surface area contributed by atoms with Crippen molar-refractivity contribution in [2.24, 2.45) is 10.7 Å². The highest BCUT2D eigenvalue weighted by molar-refractivity contribution is 14.0. The maximum atomic E-state index is 6.14. The Balaban J connectivity index is 0.00000176. The van der Waals surface area contributed by atoms with E-state index in [1.165, 1.54) is 42.1 Å². The lowest BCUT2D eigenvalue weighted by atomic mass is 10.1. The van der Waals surface area contributed by atoms with Gasteiger partial charge in [-0.15, -0.1) is 24.0 Å². The highest BCUT2D eigenvalue weighted by Crippen LogP contribution is 2.18. The topological polar surface area (TPSA) is 57.4 Å². The summed E-state index contributed by atoms with van der Waals surface area (Å²) in [5.74, 6) is 0.719. The summed E-state index contributed by atoms with van der Waals surface area (Å²) in [5.41, 5.74) is 8.65. The lowest BCUT2D eigenvalue weighted by molar-refractivity contribution is 0.428. The first kappa shape index (κ1) is 17.1. The van der Waals surface area contributed by atoms with E-state index in [0.29, 0.717) is 0 Å². The van der Waals surface area contributed by atoms with E-state index in [1.807, 2.05) is 0 Å². The van der Waals surface area contributed by atoms with Crippen molar-refractivity contribution < 1.29 is 0 Å². The number of benzene rings is 1. The third kappa shape index (κ3) is 4.15. The highest BCUT2D eigenvalue weighted by atomic mass is 127. The summed E-state index contributed by atoms with van der Waals surface area (Å²) in [6.07, 6.45) is 8.12. The molecule has 0 atom stereocenters. The van der Waals surface area contributed by atoms with E-state index in [9.17, 15) is 0 Å². The Morgan fingerprint density at radius 2 is 1.86 bits per heavy atom. The van der Waals surface area contributed by atoms with E-state index >= 15 is 0 Å². The van der Waals surface area contributed by atoms with Crippen LogP contribution in [0.2, 0.25) is 0 Å². The zero-order valence-corrected chi connectivity index (χ0v) is 15.3. The number of nitrogens with one attached hydrogen (secondary N) is 1. The van der Waals surface area contributed by atoms with Gasteiger partial charge in [-0.1, -0.05) is 31.0 Å². The third-order valence-electron chi connectivity index (χ3n) is 4.26. The number of nitrogens with two attached hydrogens (primary N) is 1. The van der Waals surface area contributed by atoms with Crippen molar-refractivity contribution in [3.8, 4) is 0 Å². The van der Waals surface area contributed by atoms with Crippen LogP contribution in [0.4, 0.5) is 0 Å². The van der Waals surface area contributed by atoms with Crippen LogP contribution < -0.4 is 5.73 Å². The first-order chi connectivity index (χ1) is 10.3. The Labute approximate surface area is 149 Å². The molecule has 120 valence electrons. The van der Waals surface area contributed by atoms with E-state index in [0.717, 1.165) is 32.0 Å². The van der Waals surface area contributed by atoms with Crippen LogP contribution in [0.25, 0.3) is 10.9 Å². The minimum absolute atomic E-state index is 0. The molecule has 0 radical (unpaired) electrons. The smallest absolute Gasteiger partial charge is 0.191 e. The minimum atomic E-state index is 0. The molecule has 0 bridgehead atoms. The van der Waals surface area contributed by atoms with E-state index in [2.05, 4.69) is 45.3 Å². The van der Waals surface area contributed by atoms with Gasteiger partial charge in [0.05, 0.1) is 0 Å². The first-order valence-electron chi connectivity index (χ1n) is 7.94. The summed E-state index contributed by atoms with van der Waals surface area (Å²) in [7, 11) is 0. The van der Waals surface area contributed by atoms with Gasteiger partial charge in [0.25, 0.3) is 0 Å². The molecule has 0 spiro atoms. The molecule has 1 aliphatic rings. The van der Waals surface area contributed by atoms with Gasteiger partial charge in [-0.2, -0.15) is 0 Å². The molecule has 0 unspecified atom stereocenters. The molecule has 0 saturated carbocycles. The molecular weight excluding hydrogens is 387 g/mol. The molecule has 0 amide bonds. The summed E-state index contributed by atoms with van der Waals surface area (Å²) in [4.78, 5) is 10.1. The number of likely N-dealkylation sites (tertiary alicyclic amines) is 1. The quantitative estimate of drug-likeness (QED) is 0.461. The number of fused-ring (bicyclic) bond motifs is 1. The summed E-state index contributed by atoms with van der Waals surface area (Å²) < 4.78 is 0. The molecule has 1 aromatic heterocycles. The molecule has 2 heterocycles. The maximum absolute atomic E-state index is 6.14. The van der Waals surface area contributed by atoms with Crippen LogP contribution in [0.5, 0.6) is 0 Å². The molecule has 1 fully saturated rings. The van der Waals surface area contributed by atoms with E-state index in [1.54, 1.807) is 0 Å².